The Kier molecular flexibility index (Phi) is 5.43. The van der Waals surface area contributed by atoms with E-state index < -0.39 is 0 Å². The van der Waals surface area contributed by atoms with Gasteiger partial charge in [-0.3, -0.25) is 4.90 Å². The Morgan fingerprint density at radius 1 is 1.29 bits per heavy atom. The molecule has 0 unspecified atom stereocenters. The maximum atomic E-state index is 10.4. The highest BCUT2D eigenvalue weighted by atomic mass is 16.5. The highest BCUT2D eigenvalue weighted by Gasteiger charge is 2.43. The Hall–Kier alpha value is -2.29. The van der Waals surface area contributed by atoms with E-state index in [9.17, 15) is 5.11 Å². The van der Waals surface area contributed by atoms with Crippen molar-refractivity contribution < 1.29 is 9.84 Å². The minimum atomic E-state index is -0.370. The molecule has 3 heterocycles. The molecule has 2 saturated heterocycles. The normalized spacial score (nSPS) is 22.3. The smallest absolute Gasteiger partial charge is 0.232 e. The van der Waals surface area contributed by atoms with Gasteiger partial charge in [0.15, 0.2) is 0 Å². The van der Waals surface area contributed by atoms with Gasteiger partial charge in [0.05, 0.1) is 18.2 Å². The maximum Gasteiger partial charge on any atom is 0.232 e. The Bertz CT molecular complexity index is 822. The lowest BCUT2D eigenvalue weighted by atomic mass is 9.82. The fraction of sp³-hybridized carbons (Fsp3) is 0.550. The number of piperidine rings is 1. The highest BCUT2D eigenvalue weighted by molar-refractivity contribution is 5.54. The molecule has 2 fully saturated rings. The van der Waals surface area contributed by atoms with Crippen LogP contribution in [0.2, 0.25) is 0 Å². The largest absolute Gasteiger partial charge is 0.390 e. The number of nitrogens with two attached hydrogens (primary N) is 1. The van der Waals surface area contributed by atoms with Crippen LogP contribution in [-0.2, 0) is 11.3 Å². The standard InChI is InChI=1S/C20H28N6O2/c1-14-4-2-5-15(12-14)22-19-24-17(23-18(21)25-19)13-26-9-7-20(8-10-26)16(27)6-3-11-28-20/h2,4-5,12,16,27H,3,6-11,13H2,1H3,(H3,21,22,23,24,25)/t16-/m0/s1. The van der Waals surface area contributed by atoms with Gasteiger partial charge < -0.3 is 20.9 Å². The summed E-state index contributed by atoms with van der Waals surface area (Å²) >= 11 is 0. The number of aromatic nitrogens is 3. The average molecular weight is 384 g/mol. The van der Waals surface area contributed by atoms with E-state index in [1.54, 1.807) is 0 Å². The van der Waals surface area contributed by atoms with Gasteiger partial charge in [-0.25, -0.2) is 0 Å². The lowest BCUT2D eigenvalue weighted by molar-refractivity contribution is -0.177. The second-order valence-corrected chi connectivity index (χ2v) is 7.78. The van der Waals surface area contributed by atoms with Crippen LogP contribution in [0.3, 0.4) is 0 Å². The van der Waals surface area contributed by atoms with Gasteiger partial charge in [0, 0.05) is 25.4 Å². The number of rotatable bonds is 4. The Morgan fingerprint density at radius 3 is 2.86 bits per heavy atom. The molecular weight excluding hydrogens is 356 g/mol. The van der Waals surface area contributed by atoms with Crippen LogP contribution in [0.5, 0.6) is 0 Å². The number of anilines is 3. The number of nitrogens with zero attached hydrogens (tertiary/aromatic N) is 4. The number of ether oxygens (including phenoxy) is 1. The van der Waals surface area contributed by atoms with Gasteiger partial charge in [0.1, 0.15) is 5.82 Å². The molecule has 0 bridgehead atoms. The van der Waals surface area contributed by atoms with Crippen LogP contribution < -0.4 is 11.1 Å². The van der Waals surface area contributed by atoms with E-state index in [-0.39, 0.29) is 17.7 Å². The lowest BCUT2D eigenvalue weighted by Gasteiger charge is -2.46. The summed E-state index contributed by atoms with van der Waals surface area (Å²) in [6.45, 7) is 5.05. The van der Waals surface area contributed by atoms with E-state index in [1.807, 2.05) is 31.2 Å². The molecule has 4 N–H and O–H groups in total. The molecule has 28 heavy (non-hydrogen) atoms. The van der Waals surface area contributed by atoms with Crippen LogP contribution in [0.1, 0.15) is 37.1 Å². The van der Waals surface area contributed by atoms with Gasteiger partial charge in [-0.05, 0) is 50.3 Å². The molecule has 8 heteroatoms. The number of hydrogen-bond donors (Lipinski definition) is 3. The van der Waals surface area contributed by atoms with Crippen LogP contribution in [-0.4, -0.2) is 56.4 Å². The average Bonchev–Trinajstić information content (AvgIpc) is 2.66. The minimum absolute atomic E-state index is 0.208. The zero-order valence-corrected chi connectivity index (χ0v) is 16.3. The zero-order valence-electron chi connectivity index (χ0n) is 16.3. The Labute approximate surface area is 165 Å². The Balaban J connectivity index is 1.40. The summed E-state index contributed by atoms with van der Waals surface area (Å²) in [5.74, 6) is 1.30. The molecule has 8 nitrogen and oxygen atoms in total. The minimum Gasteiger partial charge on any atom is -0.390 e. The van der Waals surface area contributed by atoms with Crippen molar-refractivity contribution in [1.82, 2.24) is 19.9 Å². The molecule has 1 atom stereocenters. The zero-order chi connectivity index (χ0) is 19.6. The molecule has 0 radical (unpaired) electrons. The van der Waals surface area contributed by atoms with Gasteiger partial charge >= 0.3 is 0 Å². The van der Waals surface area contributed by atoms with Crippen LogP contribution in [0.15, 0.2) is 24.3 Å². The van der Waals surface area contributed by atoms with Crippen LogP contribution in [0.4, 0.5) is 17.6 Å². The summed E-state index contributed by atoms with van der Waals surface area (Å²) in [7, 11) is 0. The molecule has 150 valence electrons. The molecule has 2 aliphatic heterocycles. The van der Waals surface area contributed by atoms with Crippen molar-refractivity contribution >= 4 is 17.6 Å². The quantitative estimate of drug-likeness (QED) is 0.734. The SMILES string of the molecule is Cc1cccc(Nc2nc(N)nc(CN3CCC4(CC3)OCCC[C@@H]4O)n2)c1. The van der Waals surface area contributed by atoms with Crippen LogP contribution in [0, 0.1) is 6.92 Å². The van der Waals surface area contributed by atoms with Crippen molar-refractivity contribution in [2.75, 3.05) is 30.7 Å². The van der Waals surface area contributed by atoms with Crippen LogP contribution >= 0.6 is 0 Å². The molecule has 2 aromatic rings. The molecule has 1 aromatic heterocycles. The van der Waals surface area contributed by atoms with Crippen molar-refractivity contribution in [2.24, 2.45) is 0 Å². The van der Waals surface area contributed by atoms with E-state index >= 15 is 0 Å². The topological polar surface area (TPSA) is 109 Å². The number of likely N-dealkylation sites (tertiary alicyclic amines) is 1. The third-order valence-electron chi connectivity index (χ3n) is 5.66. The van der Waals surface area contributed by atoms with E-state index in [4.69, 9.17) is 10.5 Å². The van der Waals surface area contributed by atoms with Gasteiger partial charge in [0.2, 0.25) is 11.9 Å². The fourth-order valence-corrected chi connectivity index (χ4v) is 4.10. The summed E-state index contributed by atoms with van der Waals surface area (Å²) < 4.78 is 5.98. The van der Waals surface area contributed by atoms with Crippen molar-refractivity contribution in [1.29, 1.82) is 0 Å². The molecule has 1 aromatic carbocycles. The molecule has 2 aliphatic rings. The van der Waals surface area contributed by atoms with Gasteiger partial charge in [-0.1, -0.05) is 12.1 Å². The van der Waals surface area contributed by atoms with Crippen molar-refractivity contribution in [3.8, 4) is 0 Å². The molecule has 1 spiro atoms. The van der Waals surface area contributed by atoms with E-state index in [2.05, 4.69) is 25.2 Å². The highest BCUT2D eigenvalue weighted by Crippen LogP contribution is 2.35. The van der Waals surface area contributed by atoms with Crippen molar-refractivity contribution in [3.63, 3.8) is 0 Å². The summed E-state index contributed by atoms with van der Waals surface area (Å²) in [4.78, 5) is 15.3. The molecule has 4 rings (SSSR count). The monoisotopic (exact) mass is 384 g/mol. The molecule has 0 saturated carbocycles. The number of nitrogen functional groups attached to an aromatic ring is 1. The first-order valence-corrected chi connectivity index (χ1v) is 9.91. The number of nitrogens with one attached hydrogen (secondary N) is 1. The van der Waals surface area contributed by atoms with Gasteiger partial charge in [0.25, 0.3) is 0 Å². The number of hydrogen-bond acceptors (Lipinski definition) is 8. The first-order chi connectivity index (χ1) is 13.5. The summed E-state index contributed by atoms with van der Waals surface area (Å²) in [6.07, 6.45) is 3.05. The lowest BCUT2D eigenvalue weighted by Crippen LogP contribution is -2.55. The molecular formula is C20H28N6O2. The predicted molar refractivity (Wildman–Crippen MR) is 107 cm³/mol. The molecule has 0 aliphatic carbocycles. The van der Waals surface area contributed by atoms with Crippen molar-refractivity contribution in [3.05, 3.63) is 35.7 Å². The Morgan fingerprint density at radius 2 is 2.11 bits per heavy atom. The third-order valence-corrected chi connectivity index (χ3v) is 5.66. The summed E-state index contributed by atoms with van der Waals surface area (Å²) in [6, 6.07) is 8.01. The number of aliphatic hydroxyl groups excluding tert-OH is 1. The second-order valence-electron chi connectivity index (χ2n) is 7.78. The van der Waals surface area contributed by atoms with E-state index in [0.717, 1.165) is 56.6 Å². The van der Waals surface area contributed by atoms with Crippen molar-refractivity contribution in [2.45, 2.75) is 50.9 Å². The first-order valence-electron chi connectivity index (χ1n) is 9.91. The fourth-order valence-electron chi connectivity index (χ4n) is 4.10. The van der Waals surface area contributed by atoms with Gasteiger partial charge in [-0.2, -0.15) is 15.0 Å². The van der Waals surface area contributed by atoms with Crippen LogP contribution in [0.25, 0.3) is 0 Å². The second kappa shape index (κ2) is 7.98. The van der Waals surface area contributed by atoms with Gasteiger partial charge in [-0.15, -0.1) is 0 Å². The number of aryl methyl sites for hydroxylation is 1. The summed E-state index contributed by atoms with van der Waals surface area (Å²) in [5, 5.41) is 13.6. The predicted octanol–water partition coefficient (Wildman–Crippen LogP) is 2.01. The first kappa shape index (κ1) is 19.0. The number of aliphatic hydroxyl groups is 1. The molecule has 0 amide bonds. The number of benzene rings is 1. The maximum absolute atomic E-state index is 10.4. The van der Waals surface area contributed by atoms with E-state index in [0.29, 0.717) is 18.3 Å². The third kappa shape index (κ3) is 4.24. The van der Waals surface area contributed by atoms with E-state index in [1.165, 1.54) is 0 Å². The summed E-state index contributed by atoms with van der Waals surface area (Å²) in [5.41, 5.74) is 7.60.